The summed E-state index contributed by atoms with van der Waals surface area (Å²) in [5.41, 5.74) is 6.53. The smallest absolute Gasteiger partial charge is 0.241 e. The summed E-state index contributed by atoms with van der Waals surface area (Å²) in [6.07, 6.45) is 2.08. The molecule has 2 atom stereocenters. The second kappa shape index (κ2) is 6.89. The third-order valence-electron chi connectivity index (χ3n) is 2.85. The summed E-state index contributed by atoms with van der Waals surface area (Å²) >= 11 is 5.85. The number of hydrogen-bond acceptors (Lipinski definition) is 4. The lowest BCUT2D eigenvalue weighted by Crippen LogP contribution is -2.34. The first kappa shape index (κ1) is 17.4. The highest BCUT2D eigenvalue weighted by molar-refractivity contribution is 7.89. The minimum atomic E-state index is -3.70. The van der Waals surface area contributed by atoms with Gasteiger partial charge in [0.15, 0.2) is 0 Å². The molecule has 0 radical (unpaired) electrons. The Morgan fingerprint density at radius 3 is 2.60 bits per heavy atom. The fourth-order valence-electron chi connectivity index (χ4n) is 1.68. The molecule has 0 fully saturated rings. The maximum absolute atomic E-state index is 12.3. The Kier molecular flexibility index (Phi) is 6.00. The van der Waals surface area contributed by atoms with Crippen molar-refractivity contribution in [3.05, 3.63) is 22.7 Å². The van der Waals surface area contributed by atoms with Crippen LogP contribution in [0.2, 0.25) is 5.02 Å². The van der Waals surface area contributed by atoms with Gasteiger partial charge in [-0.25, -0.2) is 13.1 Å². The third kappa shape index (κ3) is 4.73. The molecular weight excluding hydrogens is 320 g/mol. The van der Waals surface area contributed by atoms with E-state index in [0.717, 1.165) is 0 Å². The van der Waals surface area contributed by atoms with E-state index >= 15 is 0 Å². The zero-order chi connectivity index (χ0) is 15.5. The summed E-state index contributed by atoms with van der Waals surface area (Å²) in [7, 11) is -4.64. The first-order valence-electron chi connectivity index (χ1n) is 6.01. The Hall–Kier alpha value is -0.630. The molecule has 1 aromatic rings. The molecule has 0 amide bonds. The van der Waals surface area contributed by atoms with Gasteiger partial charge < -0.3 is 5.73 Å². The molecule has 0 aliphatic rings. The molecule has 0 aromatic heterocycles. The van der Waals surface area contributed by atoms with Crippen molar-refractivity contribution in [3.8, 4) is 0 Å². The van der Waals surface area contributed by atoms with Gasteiger partial charge in [0, 0.05) is 39.6 Å². The Labute approximate surface area is 127 Å². The van der Waals surface area contributed by atoms with Crippen LogP contribution in [0.5, 0.6) is 0 Å². The van der Waals surface area contributed by atoms with Crippen molar-refractivity contribution < 1.29 is 12.6 Å². The molecule has 5 nitrogen and oxygen atoms in total. The largest absolute Gasteiger partial charge is 0.398 e. The van der Waals surface area contributed by atoms with E-state index in [2.05, 4.69) is 4.72 Å². The lowest BCUT2D eigenvalue weighted by molar-refractivity contribution is 0.555. The Balaban J connectivity index is 2.97. The van der Waals surface area contributed by atoms with Gasteiger partial charge in [-0.3, -0.25) is 4.21 Å². The molecule has 0 heterocycles. The van der Waals surface area contributed by atoms with Crippen molar-refractivity contribution in [3.63, 3.8) is 0 Å². The molecule has 0 bridgehead atoms. The Morgan fingerprint density at radius 1 is 1.45 bits per heavy atom. The summed E-state index contributed by atoms with van der Waals surface area (Å²) < 4.78 is 38.2. The van der Waals surface area contributed by atoms with Crippen molar-refractivity contribution in [1.82, 2.24) is 4.72 Å². The number of nitrogen functional groups attached to an aromatic ring is 1. The van der Waals surface area contributed by atoms with Crippen molar-refractivity contribution in [1.29, 1.82) is 0 Å². The van der Waals surface area contributed by atoms with Gasteiger partial charge in [-0.05, 0) is 38.0 Å². The predicted octanol–water partition coefficient (Wildman–Crippen LogP) is 1.67. The predicted molar refractivity (Wildman–Crippen MR) is 83.9 cm³/mol. The van der Waals surface area contributed by atoms with Crippen LogP contribution < -0.4 is 10.5 Å². The van der Waals surface area contributed by atoms with Gasteiger partial charge in [-0.2, -0.15) is 0 Å². The molecule has 3 N–H and O–H groups in total. The van der Waals surface area contributed by atoms with Crippen LogP contribution in [0.25, 0.3) is 0 Å². The van der Waals surface area contributed by atoms with E-state index in [1.165, 1.54) is 12.1 Å². The second-order valence-corrected chi connectivity index (χ2v) is 8.38. The summed E-state index contributed by atoms with van der Waals surface area (Å²) in [4.78, 5) is 0.0759. The molecule has 0 saturated carbocycles. The number of nitrogens with one attached hydrogen (secondary N) is 1. The Morgan fingerprint density at radius 2 is 2.05 bits per heavy atom. The number of halogens is 1. The summed E-state index contributed by atoms with van der Waals surface area (Å²) in [6.45, 7) is 3.36. The topological polar surface area (TPSA) is 89.3 Å². The lowest BCUT2D eigenvalue weighted by atomic mass is 10.2. The van der Waals surface area contributed by atoms with Crippen LogP contribution in [0, 0.1) is 6.92 Å². The summed E-state index contributed by atoms with van der Waals surface area (Å²) in [5, 5.41) is 0.274. The van der Waals surface area contributed by atoms with Crippen LogP contribution in [0.1, 0.15) is 18.9 Å². The van der Waals surface area contributed by atoms with Gasteiger partial charge >= 0.3 is 0 Å². The molecule has 1 aromatic carbocycles. The van der Waals surface area contributed by atoms with E-state index in [-0.39, 0.29) is 16.0 Å². The highest BCUT2D eigenvalue weighted by Crippen LogP contribution is 2.26. The van der Waals surface area contributed by atoms with Crippen LogP contribution in [-0.2, 0) is 20.8 Å². The molecule has 0 spiro atoms. The maximum atomic E-state index is 12.3. The maximum Gasteiger partial charge on any atom is 0.241 e. The van der Waals surface area contributed by atoms with Gasteiger partial charge in [0.25, 0.3) is 0 Å². The zero-order valence-electron chi connectivity index (χ0n) is 11.6. The van der Waals surface area contributed by atoms with Crippen molar-refractivity contribution in [2.24, 2.45) is 0 Å². The van der Waals surface area contributed by atoms with E-state index in [4.69, 9.17) is 17.3 Å². The highest BCUT2D eigenvalue weighted by Gasteiger charge is 2.21. The normalized spacial score (nSPS) is 15.0. The highest BCUT2D eigenvalue weighted by atomic mass is 35.5. The number of hydrogen-bond donors (Lipinski definition) is 2. The van der Waals surface area contributed by atoms with E-state index in [1.807, 2.05) is 0 Å². The average Bonchev–Trinajstić information content (AvgIpc) is 2.30. The monoisotopic (exact) mass is 338 g/mol. The first-order valence-corrected chi connectivity index (χ1v) is 9.60. The fourth-order valence-corrected chi connectivity index (χ4v) is 4.24. The fraction of sp³-hybridized carbons (Fsp3) is 0.500. The van der Waals surface area contributed by atoms with E-state index in [0.29, 0.717) is 23.4 Å². The second-order valence-electron chi connectivity index (χ2n) is 4.71. The van der Waals surface area contributed by atoms with Crippen LogP contribution in [0.3, 0.4) is 0 Å². The van der Waals surface area contributed by atoms with Gasteiger partial charge in [0.05, 0.1) is 4.90 Å². The molecule has 2 unspecified atom stereocenters. The number of nitrogens with two attached hydrogens (primary N) is 1. The molecule has 0 saturated heterocycles. The zero-order valence-corrected chi connectivity index (χ0v) is 14.0. The third-order valence-corrected chi connectivity index (χ3v) is 5.59. The van der Waals surface area contributed by atoms with Crippen LogP contribution >= 0.6 is 11.6 Å². The molecule has 20 heavy (non-hydrogen) atoms. The summed E-state index contributed by atoms with van der Waals surface area (Å²) in [5.74, 6) is 0.445. The van der Waals surface area contributed by atoms with Gasteiger partial charge in [0.2, 0.25) is 10.0 Å². The summed E-state index contributed by atoms with van der Waals surface area (Å²) in [6, 6.07) is 2.57. The van der Waals surface area contributed by atoms with Crippen LogP contribution in [0.15, 0.2) is 17.0 Å². The molecular formula is C12H19ClN2O3S2. The number of rotatable bonds is 6. The molecule has 0 aliphatic carbocycles. The molecule has 114 valence electrons. The minimum Gasteiger partial charge on any atom is -0.398 e. The number of benzene rings is 1. The first-order chi connectivity index (χ1) is 9.13. The minimum absolute atomic E-state index is 0.0759. The van der Waals surface area contributed by atoms with E-state index in [9.17, 15) is 12.6 Å². The van der Waals surface area contributed by atoms with Crippen molar-refractivity contribution in [2.45, 2.75) is 31.2 Å². The van der Waals surface area contributed by atoms with Gasteiger partial charge in [-0.1, -0.05) is 11.6 Å². The van der Waals surface area contributed by atoms with Crippen molar-refractivity contribution in [2.75, 3.05) is 17.7 Å². The molecule has 8 heteroatoms. The molecule has 0 aliphatic heterocycles. The number of sulfonamides is 1. The number of anilines is 1. The standard InChI is InChI=1S/C12H19ClN2O3S2/c1-8(4-5-19(3)16)15-20(17,18)12-7-10(13)6-11(14)9(12)2/h6-8,15H,4-5,14H2,1-3H3. The van der Waals surface area contributed by atoms with Gasteiger partial charge in [0.1, 0.15) is 0 Å². The van der Waals surface area contributed by atoms with Crippen molar-refractivity contribution >= 4 is 38.1 Å². The Bertz CT molecular complexity index is 617. The van der Waals surface area contributed by atoms with Crippen LogP contribution in [0.4, 0.5) is 5.69 Å². The van der Waals surface area contributed by atoms with Crippen LogP contribution in [-0.4, -0.2) is 30.7 Å². The SMILES string of the molecule is Cc1c(N)cc(Cl)cc1S(=O)(=O)NC(C)CCS(C)=O. The average molecular weight is 339 g/mol. The van der Waals surface area contributed by atoms with Gasteiger partial charge in [-0.15, -0.1) is 0 Å². The molecule has 1 rings (SSSR count). The van der Waals surface area contributed by atoms with E-state index < -0.39 is 20.8 Å². The van der Waals surface area contributed by atoms with E-state index in [1.54, 1.807) is 20.1 Å². The lowest BCUT2D eigenvalue weighted by Gasteiger charge is -2.16. The quantitative estimate of drug-likeness (QED) is 0.772.